The third kappa shape index (κ3) is 7.47. The van der Waals surface area contributed by atoms with Crippen LogP contribution in [0.4, 0.5) is 20.2 Å². The Labute approximate surface area is 347 Å². The first-order valence-electron chi connectivity index (χ1n) is 22.1. The molecule has 4 N–H and O–H groups in total. The van der Waals surface area contributed by atoms with Gasteiger partial charge in [-0.05, 0) is 174 Å². The summed E-state index contributed by atoms with van der Waals surface area (Å²) >= 11 is 0. The average Bonchev–Trinajstić information content (AvgIpc) is 4.16. The summed E-state index contributed by atoms with van der Waals surface area (Å²) in [6, 6.07) is 3.04. The highest BCUT2D eigenvalue weighted by molar-refractivity contribution is 5.90. The van der Waals surface area contributed by atoms with E-state index < -0.39 is 34.7 Å². The monoisotopic (exact) mass is 826 g/mol. The van der Waals surface area contributed by atoms with Crippen LogP contribution in [0.3, 0.4) is 0 Å². The number of piperidine rings is 2. The Morgan fingerprint density at radius 1 is 0.600 bits per heavy atom. The number of carbonyl (C=O) groups is 2. The van der Waals surface area contributed by atoms with E-state index in [1.807, 2.05) is 13.8 Å². The molecule has 60 heavy (non-hydrogen) atoms. The molecule has 12 nitrogen and oxygen atoms in total. The zero-order valence-corrected chi connectivity index (χ0v) is 34.6. The highest BCUT2D eigenvalue weighted by Gasteiger charge is 2.36. The highest BCUT2D eigenvalue weighted by atomic mass is 19.1. The molecule has 6 aliphatic rings. The minimum absolute atomic E-state index is 0.247. The number of carboxylic acids is 2. The maximum Gasteiger partial charge on any atom is 0.341 e. The molecule has 0 amide bonds. The summed E-state index contributed by atoms with van der Waals surface area (Å²) in [7, 11) is 0. The van der Waals surface area contributed by atoms with Gasteiger partial charge in [-0.15, -0.1) is 0 Å². The fourth-order valence-corrected chi connectivity index (χ4v) is 11.1. The minimum atomic E-state index is -1.26. The Hall–Kier alpha value is -4.82. The van der Waals surface area contributed by atoms with Gasteiger partial charge in [0.1, 0.15) is 11.1 Å². The van der Waals surface area contributed by atoms with E-state index in [2.05, 4.69) is 20.4 Å². The van der Waals surface area contributed by atoms with Crippen molar-refractivity contribution >= 4 is 34.3 Å². The lowest BCUT2D eigenvalue weighted by Crippen LogP contribution is -2.38. The fourth-order valence-electron chi connectivity index (χ4n) is 11.1. The van der Waals surface area contributed by atoms with Gasteiger partial charge in [-0.2, -0.15) is 0 Å². The van der Waals surface area contributed by atoms with Crippen LogP contribution in [0.5, 0.6) is 0 Å². The molecule has 2 aliphatic carbocycles. The van der Waals surface area contributed by atoms with Crippen LogP contribution >= 0.6 is 0 Å². The summed E-state index contributed by atoms with van der Waals surface area (Å²) < 4.78 is 33.0. The number of hydrogen-bond donors (Lipinski definition) is 4. The van der Waals surface area contributed by atoms with Crippen LogP contribution in [-0.4, -0.2) is 83.3 Å². The molecular formula is C46H56F2N6O6. The Bertz CT molecular complexity index is 2470. The summed E-state index contributed by atoms with van der Waals surface area (Å²) in [5.74, 6) is -0.265. The molecule has 0 radical (unpaired) electrons. The van der Waals surface area contributed by atoms with Crippen LogP contribution in [0.15, 0.2) is 34.1 Å². The molecule has 0 spiro atoms. The number of rotatable bonds is 8. The highest BCUT2D eigenvalue weighted by Crippen LogP contribution is 2.46. The van der Waals surface area contributed by atoms with Crippen LogP contribution in [0, 0.1) is 49.2 Å². The van der Waals surface area contributed by atoms with E-state index in [-0.39, 0.29) is 23.0 Å². The van der Waals surface area contributed by atoms with E-state index in [1.54, 1.807) is 0 Å². The lowest BCUT2D eigenvalue weighted by molar-refractivity contribution is 0.0683. The Balaban J connectivity index is 0.000000154. The maximum atomic E-state index is 15.3. The van der Waals surface area contributed by atoms with Crippen molar-refractivity contribution < 1.29 is 28.6 Å². The molecule has 0 bridgehead atoms. The second-order valence-electron chi connectivity index (χ2n) is 18.3. The van der Waals surface area contributed by atoms with Gasteiger partial charge in [0, 0.05) is 26.2 Å². The summed E-state index contributed by atoms with van der Waals surface area (Å²) in [4.78, 5) is 52.9. The number of anilines is 2. The van der Waals surface area contributed by atoms with Gasteiger partial charge < -0.3 is 30.6 Å². The molecule has 2 unspecified atom stereocenters. The Morgan fingerprint density at radius 3 is 1.50 bits per heavy atom. The zero-order chi connectivity index (χ0) is 42.0. The fraction of sp³-hybridized carbons (Fsp3) is 0.565. The van der Waals surface area contributed by atoms with Crippen molar-refractivity contribution in [2.24, 2.45) is 23.7 Å². The lowest BCUT2D eigenvalue weighted by Gasteiger charge is -2.37. The van der Waals surface area contributed by atoms with Crippen LogP contribution < -0.4 is 31.6 Å². The number of carboxylic acid groups (broad SMARTS) is 2. The third-order valence-corrected chi connectivity index (χ3v) is 14.6. The predicted octanol–water partition coefficient (Wildman–Crippen LogP) is 6.30. The summed E-state index contributed by atoms with van der Waals surface area (Å²) in [5.41, 5.74) is 3.84. The molecule has 4 aromatic rings. The van der Waals surface area contributed by atoms with Crippen LogP contribution in [0.2, 0.25) is 0 Å². The van der Waals surface area contributed by atoms with E-state index in [1.165, 1.54) is 52.6 Å². The number of fused-ring (bicyclic) bond motifs is 2. The second kappa shape index (κ2) is 16.2. The topological polar surface area (TPSA) is 148 Å². The van der Waals surface area contributed by atoms with Gasteiger partial charge in [0.25, 0.3) is 11.1 Å². The number of halogens is 2. The Morgan fingerprint density at radius 2 is 1.03 bits per heavy atom. The van der Waals surface area contributed by atoms with Crippen LogP contribution in [-0.2, 0) is 0 Å². The van der Waals surface area contributed by atoms with Gasteiger partial charge in [0.15, 0.2) is 11.6 Å². The smallest absolute Gasteiger partial charge is 0.341 e. The number of nitrogens with zero attached hydrogens (tertiary/aromatic N) is 4. The molecule has 320 valence electrons. The second-order valence-corrected chi connectivity index (χ2v) is 18.3. The predicted molar refractivity (Wildman–Crippen MR) is 226 cm³/mol. The molecule has 8 heterocycles. The first kappa shape index (κ1) is 40.6. The number of aryl methyl sites for hydroxylation is 2. The van der Waals surface area contributed by atoms with Crippen LogP contribution in [0.25, 0.3) is 11.0 Å². The number of nitrogens with one attached hydrogen (secondary N) is 2. The van der Waals surface area contributed by atoms with Crippen molar-refractivity contribution in [1.82, 2.24) is 19.4 Å². The summed E-state index contributed by atoms with van der Waals surface area (Å²) in [5, 5.41) is 25.8. The van der Waals surface area contributed by atoms with Crippen molar-refractivity contribution in [3.05, 3.63) is 90.2 Å². The van der Waals surface area contributed by atoms with Crippen molar-refractivity contribution in [2.75, 3.05) is 62.2 Å². The van der Waals surface area contributed by atoms with Crippen molar-refractivity contribution in [1.29, 1.82) is 0 Å². The van der Waals surface area contributed by atoms with Crippen molar-refractivity contribution in [2.45, 2.75) is 89.9 Å². The number of pyridine rings is 4. The zero-order valence-electron chi connectivity index (χ0n) is 34.6. The van der Waals surface area contributed by atoms with E-state index in [0.29, 0.717) is 40.2 Å². The van der Waals surface area contributed by atoms with E-state index in [4.69, 9.17) is 0 Å². The van der Waals surface area contributed by atoms with E-state index in [9.17, 15) is 29.4 Å². The van der Waals surface area contributed by atoms with Gasteiger partial charge in [-0.1, -0.05) is 0 Å². The van der Waals surface area contributed by atoms with Gasteiger partial charge in [0.05, 0.1) is 34.8 Å². The SMILES string of the molecule is Cc1c(N2CCC(C3CCNC3)CC2)c(F)cn2c(=O)c(C(=O)O)cc(C3CC3)c12.Cc1c(N2CCC(C3CCNCC3)C2)c(F)cn2c(=O)c(C(=O)O)cc(C3CC3)c12. The molecule has 6 fully saturated rings. The van der Waals surface area contributed by atoms with Gasteiger partial charge >= 0.3 is 11.9 Å². The number of aromatic carboxylic acids is 2. The standard InChI is InChI=1S/2C23H28FN3O3/c1-13-20-17(15-2-3-15)10-18(23(29)30)22(28)27(20)12-19(24)21(13)26-8-5-14(6-9-26)16-4-7-25-11-16;1-13-20-17(15-2-3-15)10-18(23(29)30)22(28)27(20)12-19(24)21(13)26-9-6-16(11-26)14-4-7-25-8-5-14/h2*10,12,14-16,25H,2-9,11H2,1H3,(H,29,30). The van der Waals surface area contributed by atoms with Crippen LogP contribution in [0.1, 0.15) is 119 Å². The quantitative estimate of drug-likeness (QED) is 0.160. The molecule has 4 saturated heterocycles. The molecule has 2 saturated carbocycles. The summed E-state index contributed by atoms with van der Waals surface area (Å²) in [6.07, 6.45) is 13.0. The first-order chi connectivity index (χ1) is 28.9. The molecule has 10 rings (SSSR count). The molecule has 2 atom stereocenters. The van der Waals surface area contributed by atoms with Gasteiger partial charge in [-0.25, -0.2) is 18.4 Å². The average molecular weight is 827 g/mol. The normalized spacial score (nSPS) is 22.7. The molecular weight excluding hydrogens is 771 g/mol. The third-order valence-electron chi connectivity index (χ3n) is 14.6. The largest absolute Gasteiger partial charge is 0.477 e. The van der Waals surface area contributed by atoms with Crippen molar-refractivity contribution in [3.8, 4) is 0 Å². The minimum Gasteiger partial charge on any atom is -0.477 e. The molecule has 4 aliphatic heterocycles. The van der Waals surface area contributed by atoms with E-state index in [0.717, 1.165) is 125 Å². The molecule has 4 aromatic heterocycles. The van der Waals surface area contributed by atoms with Gasteiger partial charge in [-0.3, -0.25) is 18.4 Å². The summed E-state index contributed by atoms with van der Waals surface area (Å²) in [6.45, 7) is 11.3. The maximum absolute atomic E-state index is 15.3. The number of aromatic nitrogens is 2. The lowest BCUT2D eigenvalue weighted by atomic mass is 9.83. The molecule has 0 aromatic carbocycles. The molecule has 14 heteroatoms. The number of hydrogen-bond acceptors (Lipinski definition) is 8. The first-order valence-corrected chi connectivity index (χ1v) is 22.1. The van der Waals surface area contributed by atoms with E-state index >= 15 is 8.78 Å². The Kier molecular flexibility index (Phi) is 11.0. The van der Waals surface area contributed by atoms with Gasteiger partial charge in [0.2, 0.25) is 0 Å². The van der Waals surface area contributed by atoms with Crippen molar-refractivity contribution in [3.63, 3.8) is 0 Å².